The molecule has 1 N–H and O–H groups in total. The summed E-state index contributed by atoms with van der Waals surface area (Å²) in [7, 11) is 0. The van der Waals surface area contributed by atoms with Crippen molar-refractivity contribution in [3.8, 4) is 11.4 Å². The summed E-state index contributed by atoms with van der Waals surface area (Å²) in [5, 5.41) is 0.0806. The molecule has 3 nitrogen and oxygen atoms in total. The molecule has 0 saturated heterocycles. The maximum absolute atomic E-state index is 13.9. The monoisotopic (exact) mass is 261 g/mol. The fourth-order valence-corrected chi connectivity index (χ4v) is 1.98. The van der Waals surface area contributed by atoms with Crippen LogP contribution in [-0.4, -0.2) is 15.0 Å². The zero-order chi connectivity index (χ0) is 12.7. The molecule has 2 aromatic heterocycles. The molecule has 1 aromatic carbocycles. The number of fused-ring (bicyclic) bond motifs is 1. The molecule has 0 aliphatic heterocycles. The van der Waals surface area contributed by atoms with Crippen molar-refractivity contribution in [1.82, 2.24) is 15.0 Å². The normalized spacial score (nSPS) is 11.1. The van der Waals surface area contributed by atoms with Crippen molar-refractivity contribution in [2.45, 2.75) is 6.92 Å². The Morgan fingerprint density at radius 3 is 2.83 bits per heavy atom. The van der Waals surface area contributed by atoms with Crippen LogP contribution < -0.4 is 0 Å². The summed E-state index contributed by atoms with van der Waals surface area (Å²) >= 11 is 5.76. The zero-order valence-electron chi connectivity index (χ0n) is 9.54. The predicted molar refractivity (Wildman–Crippen MR) is 69.0 cm³/mol. The minimum absolute atomic E-state index is 0.0806. The lowest BCUT2D eigenvalue weighted by atomic mass is 10.2. The molecule has 3 aromatic rings. The van der Waals surface area contributed by atoms with E-state index in [4.69, 9.17) is 11.6 Å². The lowest BCUT2D eigenvalue weighted by Gasteiger charge is -1.99. The summed E-state index contributed by atoms with van der Waals surface area (Å²) in [6.07, 6.45) is 0. The third-order valence-electron chi connectivity index (χ3n) is 2.69. The molecule has 5 heteroatoms. The summed E-state index contributed by atoms with van der Waals surface area (Å²) < 4.78 is 13.9. The van der Waals surface area contributed by atoms with Crippen LogP contribution in [0.3, 0.4) is 0 Å². The van der Waals surface area contributed by atoms with E-state index in [1.54, 1.807) is 12.1 Å². The van der Waals surface area contributed by atoms with Crippen LogP contribution in [0.1, 0.15) is 5.69 Å². The Morgan fingerprint density at radius 2 is 2.00 bits per heavy atom. The van der Waals surface area contributed by atoms with Crippen LogP contribution >= 0.6 is 11.6 Å². The van der Waals surface area contributed by atoms with Gasteiger partial charge >= 0.3 is 0 Å². The summed E-state index contributed by atoms with van der Waals surface area (Å²) in [4.78, 5) is 11.6. The molecule has 90 valence electrons. The largest absolute Gasteiger partial charge is 0.336 e. The number of pyridine rings is 1. The topological polar surface area (TPSA) is 41.6 Å². The van der Waals surface area contributed by atoms with E-state index in [0.29, 0.717) is 17.0 Å². The Kier molecular flexibility index (Phi) is 2.52. The van der Waals surface area contributed by atoms with Crippen LogP contribution in [0.5, 0.6) is 0 Å². The van der Waals surface area contributed by atoms with E-state index in [0.717, 1.165) is 11.2 Å². The number of aryl methyl sites for hydroxylation is 1. The van der Waals surface area contributed by atoms with E-state index in [1.165, 1.54) is 6.07 Å². The lowest BCUT2D eigenvalue weighted by molar-refractivity contribution is 0.630. The van der Waals surface area contributed by atoms with Crippen molar-refractivity contribution in [3.63, 3.8) is 0 Å². The van der Waals surface area contributed by atoms with Gasteiger partial charge in [-0.2, -0.15) is 0 Å². The van der Waals surface area contributed by atoms with Gasteiger partial charge in [-0.25, -0.2) is 14.4 Å². The van der Waals surface area contributed by atoms with Crippen molar-refractivity contribution < 1.29 is 4.39 Å². The number of benzene rings is 1. The first-order valence-electron chi connectivity index (χ1n) is 5.43. The van der Waals surface area contributed by atoms with Crippen LogP contribution in [0.4, 0.5) is 4.39 Å². The molecular weight excluding hydrogens is 253 g/mol. The molecule has 0 amide bonds. The van der Waals surface area contributed by atoms with Gasteiger partial charge in [-0.05, 0) is 31.2 Å². The molecule has 0 spiro atoms. The first kappa shape index (κ1) is 11.2. The van der Waals surface area contributed by atoms with Crippen molar-refractivity contribution in [1.29, 1.82) is 0 Å². The fraction of sp³-hybridized carbons (Fsp3) is 0.0769. The number of hydrogen-bond acceptors (Lipinski definition) is 2. The number of imidazole rings is 1. The number of halogens is 2. The highest BCUT2D eigenvalue weighted by molar-refractivity contribution is 6.31. The van der Waals surface area contributed by atoms with Gasteiger partial charge in [0.1, 0.15) is 5.82 Å². The number of aromatic amines is 1. The van der Waals surface area contributed by atoms with E-state index in [-0.39, 0.29) is 5.02 Å². The number of nitrogens with zero attached hydrogens (tertiary/aromatic N) is 2. The predicted octanol–water partition coefficient (Wildman–Crippen LogP) is 3.73. The molecule has 3 rings (SSSR count). The second-order valence-electron chi connectivity index (χ2n) is 4.01. The van der Waals surface area contributed by atoms with Gasteiger partial charge < -0.3 is 4.98 Å². The highest BCUT2D eigenvalue weighted by Gasteiger charge is 2.12. The minimum atomic E-state index is -0.477. The number of nitrogens with one attached hydrogen (secondary N) is 1. The summed E-state index contributed by atoms with van der Waals surface area (Å²) in [6.45, 7) is 1.88. The van der Waals surface area contributed by atoms with E-state index < -0.39 is 5.82 Å². The molecule has 0 unspecified atom stereocenters. The summed E-state index contributed by atoms with van der Waals surface area (Å²) in [5.74, 6) is -0.0435. The van der Waals surface area contributed by atoms with Crippen molar-refractivity contribution >= 4 is 22.8 Å². The maximum Gasteiger partial charge on any atom is 0.178 e. The summed E-state index contributed by atoms with van der Waals surface area (Å²) in [5.41, 5.74) is 2.56. The van der Waals surface area contributed by atoms with E-state index in [1.807, 2.05) is 19.1 Å². The van der Waals surface area contributed by atoms with E-state index >= 15 is 0 Å². The Bertz CT molecular complexity index is 736. The Morgan fingerprint density at radius 1 is 1.17 bits per heavy atom. The molecule has 0 radical (unpaired) electrons. The lowest BCUT2D eigenvalue weighted by Crippen LogP contribution is -1.87. The van der Waals surface area contributed by atoms with Crippen molar-refractivity contribution in [2.75, 3.05) is 0 Å². The van der Waals surface area contributed by atoms with Gasteiger partial charge in [-0.15, -0.1) is 0 Å². The number of rotatable bonds is 1. The molecule has 0 aliphatic carbocycles. The molecular formula is C13H9ClFN3. The number of hydrogen-bond donors (Lipinski definition) is 1. The van der Waals surface area contributed by atoms with Crippen LogP contribution in [0.2, 0.25) is 5.02 Å². The molecule has 0 saturated carbocycles. The smallest absolute Gasteiger partial charge is 0.178 e. The van der Waals surface area contributed by atoms with Crippen LogP contribution in [0.15, 0.2) is 30.3 Å². The highest BCUT2D eigenvalue weighted by Crippen LogP contribution is 2.26. The van der Waals surface area contributed by atoms with Crippen molar-refractivity contribution in [3.05, 3.63) is 46.9 Å². The fourth-order valence-electron chi connectivity index (χ4n) is 1.80. The number of aromatic nitrogens is 3. The number of H-pyrrole nitrogens is 1. The summed E-state index contributed by atoms with van der Waals surface area (Å²) in [6, 6.07) is 8.57. The molecule has 0 fully saturated rings. The standard InChI is InChI=1S/C13H9ClFN3/c1-7-5-6-10-13(16-7)18-12(17-10)8-3-2-4-9(14)11(8)15/h2-6H,1H3,(H,16,17,18). The third kappa shape index (κ3) is 1.75. The molecule has 0 aliphatic rings. The van der Waals surface area contributed by atoms with Gasteiger partial charge in [0.05, 0.1) is 16.1 Å². The molecule has 2 heterocycles. The van der Waals surface area contributed by atoms with Gasteiger partial charge in [0.15, 0.2) is 11.5 Å². The van der Waals surface area contributed by atoms with Crippen LogP contribution in [-0.2, 0) is 0 Å². The average molecular weight is 262 g/mol. The quantitative estimate of drug-likeness (QED) is 0.725. The first-order chi connectivity index (χ1) is 8.65. The maximum atomic E-state index is 13.9. The van der Waals surface area contributed by atoms with E-state index in [2.05, 4.69) is 15.0 Å². The Labute approximate surface area is 108 Å². The van der Waals surface area contributed by atoms with Crippen molar-refractivity contribution in [2.24, 2.45) is 0 Å². The van der Waals surface area contributed by atoms with Crippen LogP contribution in [0, 0.1) is 12.7 Å². The minimum Gasteiger partial charge on any atom is -0.336 e. The molecule has 18 heavy (non-hydrogen) atoms. The van der Waals surface area contributed by atoms with Gasteiger partial charge in [-0.3, -0.25) is 0 Å². The Balaban J connectivity index is 2.22. The van der Waals surface area contributed by atoms with Gasteiger partial charge in [0.2, 0.25) is 0 Å². The molecule has 0 atom stereocenters. The zero-order valence-corrected chi connectivity index (χ0v) is 10.3. The van der Waals surface area contributed by atoms with E-state index in [9.17, 15) is 4.39 Å². The van der Waals surface area contributed by atoms with Gasteiger partial charge in [0, 0.05) is 5.69 Å². The van der Waals surface area contributed by atoms with Crippen LogP contribution in [0.25, 0.3) is 22.6 Å². The highest BCUT2D eigenvalue weighted by atomic mass is 35.5. The first-order valence-corrected chi connectivity index (χ1v) is 5.81. The average Bonchev–Trinajstić information content (AvgIpc) is 2.75. The molecule has 0 bridgehead atoms. The Hall–Kier alpha value is -1.94. The van der Waals surface area contributed by atoms with Gasteiger partial charge in [0.25, 0.3) is 0 Å². The third-order valence-corrected chi connectivity index (χ3v) is 2.98. The SMILES string of the molecule is Cc1ccc2[nH]c(-c3cccc(Cl)c3F)nc2n1. The second kappa shape index (κ2) is 4.07. The van der Waals surface area contributed by atoms with Gasteiger partial charge in [-0.1, -0.05) is 17.7 Å². The second-order valence-corrected chi connectivity index (χ2v) is 4.42.